The molecule has 0 amide bonds. The van der Waals surface area contributed by atoms with Gasteiger partial charge in [-0.1, -0.05) is 122 Å². The first-order valence-electron chi connectivity index (χ1n) is 18.8. The van der Waals surface area contributed by atoms with E-state index in [0.717, 1.165) is 0 Å². The first-order chi connectivity index (χ1) is 23.4. The third-order valence-corrected chi connectivity index (χ3v) is 12.5. The van der Waals surface area contributed by atoms with Gasteiger partial charge >= 0.3 is 0 Å². The normalized spacial score (nSPS) is 18.0. The SMILES string of the molecule is CC(C)c1cc2c(cc1N(c1ccccc1)c1cc3c(cc1-c1ccc4c(c1)C(C)(C)CCC4(C)C)-c1ccccc1C3(C)C)CCCC2. The first kappa shape index (κ1) is 32.1. The average molecular weight is 644 g/mol. The minimum absolute atomic E-state index is 0.0971. The molecule has 49 heavy (non-hydrogen) atoms. The van der Waals surface area contributed by atoms with Crippen molar-refractivity contribution in [3.05, 3.63) is 136 Å². The van der Waals surface area contributed by atoms with Gasteiger partial charge in [-0.25, -0.2) is 0 Å². The summed E-state index contributed by atoms with van der Waals surface area (Å²) in [5.74, 6) is 0.402. The lowest BCUT2D eigenvalue weighted by molar-refractivity contribution is 0.332. The zero-order valence-electron chi connectivity index (χ0n) is 31.0. The van der Waals surface area contributed by atoms with Crippen LogP contribution in [0.4, 0.5) is 17.1 Å². The molecule has 3 aliphatic carbocycles. The molecule has 8 rings (SSSR count). The van der Waals surface area contributed by atoms with Crippen LogP contribution in [0.15, 0.2) is 97.1 Å². The number of rotatable bonds is 5. The van der Waals surface area contributed by atoms with E-state index >= 15 is 0 Å². The van der Waals surface area contributed by atoms with Crippen LogP contribution < -0.4 is 4.90 Å². The van der Waals surface area contributed by atoms with Crippen LogP contribution >= 0.6 is 0 Å². The molecule has 1 heteroatoms. The molecular weight excluding hydrogens is 591 g/mol. The molecule has 0 atom stereocenters. The van der Waals surface area contributed by atoms with E-state index in [4.69, 9.17) is 0 Å². The van der Waals surface area contributed by atoms with E-state index in [-0.39, 0.29) is 16.2 Å². The van der Waals surface area contributed by atoms with Crippen molar-refractivity contribution < 1.29 is 0 Å². The largest absolute Gasteiger partial charge is 0.310 e. The molecular formula is C48H53N. The molecule has 0 fully saturated rings. The van der Waals surface area contributed by atoms with Gasteiger partial charge in [0.25, 0.3) is 0 Å². The van der Waals surface area contributed by atoms with Crippen molar-refractivity contribution in [1.29, 1.82) is 0 Å². The fourth-order valence-corrected chi connectivity index (χ4v) is 9.34. The van der Waals surface area contributed by atoms with Gasteiger partial charge in [0.05, 0.1) is 5.69 Å². The molecule has 0 radical (unpaired) electrons. The van der Waals surface area contributed by atoms with E-state index in [1.54, 1.807) is 5.56 Å². The van der Waals surface area contributed by atoms with Crippen LogP contribution in [0.3, 0.4) is 0 Å². The second kappa shape index (κ2) is 11.5. The smallest absolute Gasteiger partial charge is 0.0543 e. The highest BCUT2D eigenvalue weighted by atomic mass is 15.1. The minimum atomic E-state index is -0.0971. The Morgan fingerprint density at radius 2 is 1.18 bits per heavy atom. The van der Waals surface area contributed by atoms with Crippen molar-refractivity contribution in [3.8, 4) is 22.3 Å². The molecule has 0 heterocycles. The second-order valence-corrected chi connectivity index (χ2v) is 17.3. The molecule has 5 aromatic carbocycles. The van der Waals surface area contributed by atoms with Gasteiger partial charge in [-0.2, -0.15) is 0 Å². The molecule has 3 aliphatic rings. The van der Waals surface area contributed by atoms with Crippen molar-refractivity contribution in [2.75, 3.05) is 4.90 Å². The highest BCUT2D eigenvalue weighted by molar-refractivity contribution is 5.95. The fraction of sp³-hybridized carbons (Fsp3) is 0.375. The van der Waals surface area contributed by atoms with Crippen LogP contribution in [-0.2, 0) is 29.1 Å². The second-order valence-electron chi connectivity index (χ2n) is 17.3. The van der Waals surface area contributed by atoms with E-state index in [9.17, 15) is 0 Å². The lowest BCUT2D eigenvalue weighted by Gasteiger charge is -2.42. The van der Waals surface area contributed by atoms with Gasteiger partial charge in [-0.05, 0) is 141 Å². The molecule has 0 bridgehead atoms. The summed E-state index contributed by atoms with van der Waals surface area (Å²) in [6.07, 6.45) is 7.36. The molecule has 0 N–H and O–H groups in total. The number of nitrogens with zero attached hydrogens (tertiary/aromatic N) is 1. The number of benzene rings is 5. The number of aryl methyl sites for hydroxylation is 2. The van der Waals surface area contributed by atoms with Gasteiger partial charge in [0.15, 0.2) is 0 Å². The summed E-state index contributed by atoms with van der Waals surface area (Å²) in [5.41, 5.74) is 19.8. The third-order valence-electron chi connectivity index (χ3n) is 12.5. The van der Waals surface area contributed by atoms with Gasteiger partial charge in [0.2, 0.25) is 0 Å². The molecule has 0 unspecified atom stereocenters. The highest BCUT2D eigenvalue weighted by Crippen LogP contribution is 2.55. The zero-order chi connectivity index (χ0) is 34.3. The Labute approximate surface area is 295 Å². The quantitative estimate of drug-likeness (QED) is 0.184. The third kappa shape index (κ3) is 5.19. The topological polar surface area (TPSA) is 3.24 Å². The number of hydrogen-bond acceptors (Lipinski definition) is 1. The standard InChI is InChI=1S/C48H53N/c1-31(2)37-26-32-16-12-13-17-33(32)28-44(37)49(35-18-10-9-11-19-35)45-30-42-39(36-20-14-15-21-40(36)48(42,7)8)29-38(45)34-22-23-41-43(27-34)47(5,6)25-24-46(41,3)4/h9-11,14-15,18-23,26-31H,12-13,16-17,24-25H2,1-8H3. The van der Waals surface area contributed by atoms with Crippen molar-refractivity contribution in [2.24, 2.45) is 0 Å². The highest BCUT2D eigenvalue weighted by Gasteiger charge is 2.39. The van der Waals surface area contributed by atoms with Crippen LogP contribution in [0.1, 0.15) is 126 Å². The van der Waals surface area contributed by atoms with Crippen LogP contribution in [0.2, 0.25) is 0 Å². The predicted octanol–water partition coefficient (Wildman–Crippen LogP) is 13.5. The lowest BCUT2D eigenvalue weighted by atomic mass is 9.63. The number of fused-ring (bicyclic) bond motifs is 5. The van der Waals surface area contributed by atoms with Crippen molar-refractivity contribution >= 4 is 17.1 Å². The molecule has 1 nitrogen and oxygen atoms in total. The molecule has 5 aromatic rings. The van der Waals surface area contributed by atoms with Crippen LogP contribution in [0, 0.1) is 0 Å². The summed E-state index contributed by atoms with van der Waals surface area (Å²) in [6, 6.07) is 37.9. The monoisotopic (exact) mass is 643 g/mol. The van der Waals surface area contributed by atoms with Gasteiger partial charge in [-0.15, -0.1) is 0 Å². The van der Waals surface area contributed by atoms with E-state index in [1.807, 2.05) is 0 Å². The summed E-state index contributed by atoms with van der Waals surface area (Å²) in [6.45, 7) is 19.3. The number of para-hydroxylation sites is 1. The number of hydrogen-bond donors (Lipinski definition) is 0. The van der Waals surface area contributed by atoms with E-state index in [1.165, 1.54) is 111 Å². The van der Waals surface area contributed by atoms with Crippen LogP contribution in [0.5, 0.6) is 0 Å². The Balaban J connectivity index is 1.46. The molecule has 250 valence electrons. The summed E-state index contributed by atoms with van der Waals surface area (Å²) in [4.78, 5) is 2.62. The zero-order valence-corrected chi connectivity index (χ0v) is 31.0. The summed E-state index contributed by atoms with van der Waals surface area (Å²) in [5, 5.41) is 0. The molecule has 0 spiro atoms. The Bertz CT molecular complexity index is 2070. The average Bonchev–Trinajstić information content (AvgIpc) is 3.32. The minimum Gasteiger partial charge on any atom is -0.310 e. The fourth-order valence-electron chi connectivity index (χ4n) is 9.34. The maximum Gasteiger partial charge on any atom is 0.0543 e. The summed E-state index contributed by atoms with van der Waals surface area (Å²) < 4.78 is 0. The maximum absolute atomic E-state index is 2.62. The van der Waals surface area contributed by atoms with Gasteiger partial charge in [0, 0.05) is 22.4 Å². The van der Waals surface area contributed by atoms with Crippen LogP contribution in [0.25, 0.3) is 22.3 Å². The van der Waals surface area contributed by atoms with Gasteiger partial charge in [-0.3, -0.25) is 0 Å². The molecule has 0 aliphatic heterocycles. The Morgan fingerprint density at radius 1 is 0.531 bits per heavy atom. The van der Waals surface area contributed by atoms with E-state index < -0.39 is 0 Å². The molecule has 0 aromatic heterocycles. The molecule has 0 saturated carbocycles. The van der Waals surface area contributed by atoms with Crippen molar-refractivity contribution in [2.45, 2.75) is 116 Å². The summed E-state index contributed by atoms with van der Waals surface area (Å²) in [7, 11) is 0. The Kier molecular flexibility index (Phi) is 7.52. The Morgan fingerprint density at radius 3 is 1.90 bits per heavy atom. The van der Waals surface area contributed by atoms with E-state index in [0.29, 0.717) is 5.92 Å². The molecule has 0 saturated heterocycles. The van der Waals surface area contributed by atoms with Gasteiger partial charge < -0.3 is 4.90 Å². The maximum atomic E-state index is 2.62. The van der Waals surface area contributed by atoms with Crippen LogP contribution in [-0.4, -0.2) is 0 Å². The first-order valence-corrected chi connectivity index (χ1v) is 18.8. The predicted molar refractivity (Wildman–Crippen MR) is 210 cm³/mol. The van der Waals surface area contributed by atoms with Crippen molar-refractivity contribution in [1.82, 2.24) is 0 Å². The lowest BCUT2D eigenvalue weighted by Crippen LogP contribution is -2.33. The Hall–Kier alpha value is -4.10. The van der Waals surface area contributed by atoms with E-state index in [2.05, 4.69) is 157 Å². The van der Waals surface area contributed by atoms with Crippen molar-refractivity contribution in [3.63, 3.8) is 0 Å². The number of anilines is 3. The summed E-state index contributed by atoms with van der Waals surface area (Å²) >= 11 is 0. The van der Waals surface area contributed by atoms with Gasteiger partial charge in [0.1, 0.15) is 0 Å².